The fourth-order valence-electron chi connectivity index (χ4n) is 1.99. The van der Waals surface area contributed by atoms with Crippen LogP contribution in [0.25, 0.3) is 0 Å². The molecule has 1 aliphatic rings. The van der Waals surface area contributed by atoms with Crippen molar-refractivity contribution in [2.45, 2.75) is 25.3 Å². The summed E-state index contributed by atoms with van der Waals surface area (Å²) in [5.74, 6) is -0.840. The summed E-state index contributed by atoms with van der Waals surface area (Å²) in [4.78, 5) is 17.3. The molecule has 0 aliphatic carbocycles. The van der Waals surface area contributed by atoms with Gasteiger partial charge < -0.3 is 5.11 Å². The molecule has 16 heavy (non-hydrogen) atoms. The Balaban J connectivity index is 2.19. The molecule has 0 saturated carbocycles. The van der Waals surface area contributed by atoms with Gasteiger partial charge in [0, 0.05) is 0 Å². The number of carbonyl (C=O) groups is 1. The molecule has 1 unspecified atom stereocenters. The number of rotatable bonds is 3. The van der Waals surface area contributed by atoms with Crippen molar-refractivity contribution in [3.63, 3.8) is 0 Å². The van der Waals surface area contributed by atoms with Crippen LogP contribution in [0.1, 0.15) is 30.3 Å². The second-order valence-electron chi connectivity index (χ2n) is 3.84. The Labute approximate surface area is 103 Å². The number of carboxylic acid groups (broad SMARTS) is 1. The number of likely N-dealkylation sites (tertiary alicyclic amines) is 1. The van der Waals surface area contributed by atoms with Crippen LogP contribution in [-0.2, 0) is 4.79 Å². The highest BCUT2D eigenvalue weighted by molar-refractivity contribution is 7.16. The molecule has 2 rings (SSSR count). The Morgan fingerprint density at radius 3 is 2.69 bits per heavy atom. The zero-order valence-electron chi connectivity index (χ0n) is 8.73. The van der Waals surface area contributed by atoms with Crippen LogP contribution in [0.15, 0.2) is 6.20 Å². The van der Waals surface area contributed by atoms with Crippen LogP contribution in [0.3, 0.4) is 0 Å². The van der Waals surface area contributed by atoms with Crippen molar-refractivity contribution < 1.29 is 9.90 Å². The molecule has 1 fully saturated rings. The van der Waals surface area contributed by atoms with Gasteiger partial charge in [0.05, 0.1) is 6.20 Å². The number of thiazole rings is 1. The number of halogens is 1. The third-order valence-corrected chi connectivity index (χ3v) is 3.89. The van der Waals surface area contributed by atoms with Gasteiger partial charge in [0.15, 0.2) is 6.04 Å². The second-order valence-corrected chi connectivity index (χ2v) is 5.53. The molecule has 1 saturated heterocycles. The summed E-state index contributed by atoms with van der Waals surface area (Å²) >= 11 is 7.04. The number of aliphatic carboxylic acids is 1. The Kier molecular flexibility index (Phi) is 3.78. The summed E-state index contributed by atoms with van der Waals surface area (Å²) in [7, 11) is 0. The fourth-order valence-corrected chi connectivity index (χ4v) is 3.05. The van der Waals surface area contributed by atoms with Gasteiger partial charge in [-0.15, -0.1) is 11.3 Å². The smallest absolute Gasteiger partial charge is 0.328 e. The normalized spacial score (nSPS) is 19.6. The van der Waals surface area contributed by atoms with Gasteiger partial charge in [0.1, 0.15) is 9.34 Å². The third-order valence-electron chi connectivity index (χ3n) is 2.72. The zero-order chi connectivity index (χ0) is 11.5. The molecule has 4 nitrogen and oxygen atoms in total. The van der Waals surface area contributed by atoms with Crippen LogP contribution in [-0.4, -0.2) is 34.0 Å². The molecular weight excluding hydrogens is 248 g/mol. The molecule has 1 atom stereocenters. The van der Waals surface area contributed by atoms with Gasteiger partial charge in [-0.25, -0.2) is 4.98 Å². The van der Waals surface area contributed by atoms with Crippen LogP contribution in [0.2, 0.25) is 4.34 Å². The molecule has 6 heteroatoms. The van der Waals surface area contributed by atoms with Crippen molar-refractivity contribution in [2.24, 2.45) is 0 Å². The first kappa shape index (κ1) is 11.8. The van der Waals surface area contributed by atoms with Crippen LogP contribution in [0, 0.1) is 0 Å². The zero-order valence-corrected chi connectivity index (χ0v) is 10.3. The highest BCUT2D eigenvalue weighted by Gasteiger charge is 2.30. The Hall–Kier alpha value is -0.650. The van der Waals surface area contributed by atoms with E-state index < -0.39 is 12.0 Å². The summed E-state index contributed by atoms with van der Waals surface area (Å²) < 4.78 is 0.540. The first-order valence-electron chi connectivity index (χ1n) is 5.26. The van der Waals surface area contributed by atoms with E-state index >= 15 is 0 Å². The van der Waals surface area contributed by atoms with Gasteiger partial charge in [0.2, 0.25) is 0 Å². The van der Waals surface area contributed by atoms with Gasteiger partial charge in [-0.05, 0) is 25.9 Å². The Bertz CT molecular complexity index is 377. The van der Waals surface area contributed by atoms with Crippen LogP contribution in [0.4, 0.5) is 0 Å². The summed E-state index contributed by atoms with van der Waals surface area (Å²) in [6.45, 7) is 1.66. The number of carboxylic acids is 1. The minimum atomic E-state index is -0.840. The number of hydrogen-bond donors (Lipinski definition) is 1. The third kappa shape index (κ3) is 2.53. The molecular formula is C10H13ClN2O2S. The van der Waals surface area contributed by atoms with E-state index in [9.17, 15) is 9.90 Å². The van der Waals surface area contributed by atoms with Gasteiger partial charge in [-0.1, -0.05) is 18.0 Å². The lowest BCUT2D eigenvalue weighted by Crippen LogP contribution is -2.37. The minimum Gasteiger partial charge on any atom is -0.480 e. The van der Waals surface area contributed by atoms with Crippen molar-refractivity contribution in [2.75, 3.05) is 13.1 Å². The molecule has 0 bridgehead atoms. The van der Waals surface area contributed by atoms with Gasteiger partial charge >= 0.3 is 5.97 Å². The SMILES string of the molecule is O=C(O)C(c1ncc(Cl)s1)N1CCCCC1. The molecule has 0 amide bonds. The van der Waals surface area contributed by atoms with E-state index in [-0.39, 0.29) is 0 Å². The summed E-state index contributed by atoms with van der Waals surface area (Å²) in [6.07, 6.45) is 4.81. The van der Waals surface area contributed by atoms with E-state index in [1.807, 2.05) is 4.90 Å². The van der Waals surface area contributed by atoms with Crippen molar-refractivity contribution in [3.8, 4) is 0 Å². The molecule has 1 aromatic heterocycles. The molecule has 1 aromatic rings. The van der Waals surface area contributed by atoms with E-state index in [2.05, 4.69) is 4.98 Å². The lowest BCUT2D eigenvalue weighted by molar-refractivity contribution is -0.144. The maximum Gasteiger partial charge on any atom is 0.328 e. The number of nitrogens with zero attached hydrogens (tertiary/aromatic N) is 2. The average molecular weight is 261 g/mol. The standard InChI is InChI=1S/C10H13ClN2O2S/c11-7-6-12-9(16-7)8(10(14)15)13-4-2-1-3-5-13/h6,8H,1-5H2,(H,14,15). The molecule has 0 spiro atoms. The van der Waals surface area contributed by atoms with Gasteiger partial charge in [0.25, 0.3) is 0 Å². The maximum absolute atomic E-state index is 11.3. The largest absolute Gasteiger partial charge is 0.480 e. The summed E-state index contributed by atoms with van der Waals surface area (Å²) in [5.41, 5.74) is 0. The van der Waals surface area contributed by atoms with E-state index in [1.54, 1.807) is 0 Å². The highest BCUT2D eigenvalue weighted by Crippen LogP contribution is 2.30. The van der Waals surface area contributed by atoms with Gasteiger partial charge in [-0.2, -0.15) is 0 Å². The Morgan fingerprint density at radius 1 is 1.50 bits per heavy atom. The first-order valence-corrected chi connectivity index (χ1v) is 6.46. The van der Waals surface area contributed by atoms with Crippen LogP contribution < -0.4 is 0 Å². The lowest BCUT2D eigenvalue weighted by atomic mass is 10.1. The number of hydrogen-bond acceptors (Lipinski definition) is 4. The molecule has 0 radical (unpaired) electrons. The topological polar surface area (TPSA) is 53.4 Å². The molecule has 88 valence electrons. The van der Waals surface area contributed by atoms with Gasteiger partial charge in [-0.3, -0.25) is 9.69 Å². The second kappa shape index (κ2) is 5.12. The van der Waals surface area contributed by atoms with Crippen molar-refractivity contribution in [3.05, 3.63) is 15.5 Å². The van der Waals surface area contributed by atoms with Crippen LogP contribution >= 0.6 is 22.9 Å². The number of piperidine rings is 1. The molecule has 2 heterocycles. The van der Waals surface area contributed by atoms with E-state index in [1.165, 1.54) is 24.0 Å². The maximum atomic E-state index is 11.3. The van der Waals surface area contributed by atoms with E-state index in [0.717, 1.165) is 25.9 Å². The predicted octanol–water partition coefficient (Wildman–Crippen LogP) is 2.41. The lowest BCUT2D eigenvalue weighted by Gasteiger charge is -2.30. The van der Waals surface area contributed by atoms with Crippen molar-refractivity contribution in [1.29, 1.82) is 0 Å². The van der Waals surface area contributed by atoms with Crippen molar-refractivity contribution >= 4 is 28.9 Å². The Morgan fingerprint density at radius 2 is 2.19 bits per heavy atom. The molecule has 1 aliphatic heterocycles. The summed E-state index contributed by atoms with van der Waals surface area (Å²) in [6, 6.07) is -0.627. The first-order chi connectivity index (χ1) is 7.68. The van der Waals surface area contributed by atoms with E-state index in [4.69, 9.17) is 11.6 Å². The monoisotopic (exact) mass is 260 g/mol. The van der Waals surface area contributed by atoms with Crippen molar-refractivity contribution in [1.82, 2.24) is 9.88 Å². The van der Waals surface area contributed by atoms with Crippen LogP contribution in [0.5, 0.6) is 0 Å². The highest BCUT2D eigenvalue weighted by atomic mass is 35.5. The minimum absolute atomic E-state index is 0.540. The number of aromatic nitrogens is 1. The summed E-state index contributed by atoms with van der Waals surface area (Å²) in [5, 5.41) is 9.85. The quantitative estimate of drug-likeness (QED) is 0.907. The van der Waals surface area contributed by atoms with E-state index in [0.29, 0.717) is 9.34 Å². The molecule has 0 aromatic carbocycles. The molecule has 1 N–H and O–H groups in total. The fraction of sp³-hybridized carbons (Fsp3) is 0.600. The predicted molar refractivity (Wildman–Crippen MR) is 62.9 cm³/mol. The average Bonchev–Trinajstić information content (AvgIpc) is 2.66.